The third-order valence-corrected chi connectivity index (χ3v) is 2.31. The van der Waals surface area contributed by atoms with Crippen molar-refractivity contribution in [1.29, 1.82) is 0 Å². The van der Waals surface area contributed by atoms with Crippen LogP contribution in [-0.4, -0.2) is 22.1 Å². The molecule has 104 valence electrons. The minimum absolute atomic E-state index is 0.0932. The molecule has 0 saturated carbocycles. The van der Waals surface area contributed by atoms with Crippen molar-refractivity contribution in [2.75, 3.05) is 5.32 Å². The first-order valence-electron chi connectivity index (χ1n) is 5.88. The molecular formula is C13H13N3O4. The number of nitrogens with zero attached hydrogens (tertiary/aromatic N) is 2. The highest BCUT2D eigenvalue weighted by Gasteiger charge is 2.11. The second kappa shape index (κ2) is 5.96. The number of carbonyl (C=O) groups excluding carboxylic acids is 2. The molecule has 0 aliphatic carbocycles. The second-order valence-corrected chi connectivity index (χ2v) is 4.05. The van der Waals surface area contributed by atoms with Gasteiger partial charge >= 0.3 is 5.97 Å². The summed E-state index contributed by atoms with van der Waals surface area (Å²) in [5, 5.41) is 9.94. The number of amides is 1. The van der Waals surface area contributed by atoms with Crippen LogP contribution in [0.5, 0.6) is 0 Å². The number of esters is 1. The molecule has 0 bridgehead atoms. The van der Waals surface area contributed by atoms with Crippen molar-refractivity contribution in [2.24, 2.45) is 0 Å². The zero-order valence-corrected chi connectivity index (χ0v) is 11.0. The molecule has 1 heterocycles. The Kier molecular flexibility index (Phi) is 4.09. The number of hydrogen-bond donors (Lipinski definition) is 1. The number of nitrogens with one attached hydrogen (secondary N) is 1. The van der Waals surface area contributed by atoms with Gasteiger partial charge in [0.15, 0.2) is 6.61 Å². The minimum atomic E-state index is -0.534. The third-order valence-electron chi connectivity index (χ3n) is 2.31. The molecule has 1 N–H and O–H groups in total. The molecule has 20 heavy (non-hydrogen) atoms. The highest BCUT2D eigenvalue weighted by molar-refractivity contribution is 5.93. The number of carbonyl (C=O) groups is 2. The van der Waals surface area contributed by atoms with Gasteiger partial charge in [0.05, 0.1) is 5.56 Å². The van der Waals surface area contributed by atoms with Gasteiger partial charge in [-0.05, 0) is 18.2 Å². The van der Waals surface area contributed by atoms with E-state index in [4.69, 9.17) is 9.15 Å². The Balaban J connectivity index is 1.99. The summed E-state index contributed by atoms with van der Waals surface area (Å²) in [6.07, 6.45) is 0. The largest absolute Gasteiger partial charge is 0.452 e. The minimum Gasteiger partial charge on any atom is -0.452 e. The first-order chi connectivity index (χ1) is 9.54. The maximum Gasteiger partial charge on any atom is 0.338 e. The van der Waals surface area contributed by atoms with E-state index in [1.54, 1.807) is 25.1 Å². The normalized spacial score (nSPS) is 10.1. The van der Waals surface area contributed by atoms with Gasteiger partial charge in [0.2, 0.25) is 11.8 Å². The van der Waals surface area contributed by atoms with Crippen molar-refractivity contribution in [3.05, 3.63) is 41.6 Å². The van der Waals surface area contributed by atoms with Gasteiger partial charge < -0.3 is 14.5 Å². The van der Waals surface area contributed by atoms with Gasteiger partial charge in [-0.15, -0.1) is 10.2 Å². The lowest BCUT2D eigenvalue weighted by Gasteiger charge is -2.05. The molecule has 0 atom stereocenters. The van der Waals surface area contributed by atoms with E-state index in [2.05, 4.69) is 15.5 Å². The van der Waals surface area contributed by atoms with Crippen LogP contribution in [0.4, 0.5) is 5.69 Å². The number of ether oxygens (including phenoxy) is 1. The summed E-state index contributed by atoms with van der Waals surface area (Å²) in [6.45, 7) is 2.95. The lowest BCUT2D eigenvalue weighted by Crippen LogP contribution is -2.09. The summed E-state index contributed by atoms with van der Waals surface area (Å²) in [5.41, 5.74) is 0.855. The van der Waals surface area contributed by atoms with E-state index in [1.165, 1.54) is 13.0 Å². The smallest absolute Gasteiger partial charge is 0.338 e. The first kappa shape index (κ1) is 13.7. The molecule has 0 spiro atoms. The van der Waals surface area contributed by atoms with Crippen LogP contribution in [0.1, 0.15) is 29.1 Å². The van der Waals surface area contributed by atoms with Crippen molar-refractivity contribution in [1.82, 2.24) is 10.2 Å². The first-order valence-corrected chi connectivity index (χ1v) is 5.88. The lowest BCUT2D eigenvalue weighted by atomic mass is 10.2. The predicted molar refractivity (Wildman–Crippen MR) is 68.9 cm³/mol. The third kappa shape index (κ3) is 3.64. The Morgan fingerprint density at radius 2 is 2.15 bits per heavy atom. The van der Waals surface area contributed by atoms with Gasteiger partial charge in [-0.2, -0.15) is 0 Å². The fraction of sp³-hybridized carbons (Fsp3) is 0.231. The SMILES string of the molecule is CC(=O)Nc1cccc(C(=O)OCc2nnc(C)o2)c1. The quantitative estimate of drug-likeness (QED) is 0.853. The van der Waals surface area contributed by atoms with Gasteiger partial charge in [0, 0.05) is 19.5 Å². The number of aromatic nitrogens is 2. The predicted octanol–water partition coefficient (Wildman–Crippen LogP) is 1.69. The zero-order valence-electron chi connectivity index (χ0n) is 11.0. The van der Waals surface area contributed by atoms with E-state index in [0.29, 0.717) is 17.1 Å². The van der Waals surface area contributed by atoms with Crippen LogP contribution in [0.3, 0.4) is 0 Å². The molecule has 1 amide bonds. The zero-order chi connectivity index (χ0) is 14.5. The van der Waals surface area contributed by atoms with E-state index in [0.717, 1.165) is 0 Å². The highest BCUT2D eigenvalue weighted by Crippen LogP contribution is 2.12. The Bertz CT molecular complexity index is 636. The van der Waals surface area contributed by atoms with E-state index in [1.807, 2.05) is 0 Å². The van der Waals surface area contributed by atoms with Gasteiger partial charge in [-0.1, -0.05) is 6.07 Å². The summed E-state index contributed by atoms with van der Waals surface area (Å²) < 4.78 is 10.1. The highest BCUT2D eigenvalue weighted by atomic mass is 16.5. The lowest BCUT2D eigenvalue weighted by molar-refractivity contribution is -0.114. The van der Waals surface area contributed by atoms with Crippen molar-refractivity contribution >= 4 is 17.6 Å². The average Bonchev–Trinajstić information content (AvgIpc) is 2.81. The van der Waals surface area contributed by atoms with E-state index >= 15 is 0 Å². The van der Waals surface area contributed by atoms with E-state index in [9.17, 15) is 9.59 Å². The summed E-state index contributed by atoms with van der Waals surface area (Å²) in [5.74, 6) is -0.109. The molecule has 0 saturated heterocycles. The van der Waals surface area contributed by atoms with E-state index < -0.39 is 5.97 Å². The Morgan fingerprint density at radius 3 is 2.80 bits per heavy atom. The fourth-order valence-electron chi connectivity index (χ4n) is 1.53. The molecule has 0 unspecified atom stereocenters. The molecule has 0 radical (unpaired) electrons. The van der Waals surface area contributed by atoms with Crippen LogP contribution in [0.2, 0.25) is 0 Å². The standard InChI is InChI=1S/C13H13N3O4/c1-8(17)14-11-5-3-4-10(6-11)13(18)19-7-12-16-15-9(2)20-12/h3-6H,7H2,1-2H3,(H,14,17). The maximum absolute atomic E-state index is 11.8. The van der Waals surface area contributed by atoms with Gasteiger partial charge in [-0.25, -0.2) is 4.79 Å². The Hall–Kier alpha value is -2.70. The summed E-state index contributed by atoms with van der Waals surface area (Å²) >= 11 is 0. The van der Waals surface area contributed by atoms with Crippen LogP contribution < -0.4 is 5.32 Å². The van der Waals surface area contributed by atoms with Gasteiger partial charge in [0.1, 0.15) is 0 Å². The van der Waals surface area contributed by atoms with Crippen LogP contribution in [0.15, 0.2) is 28.7 Å². The molecular weight excluding hydrogens is 262 g/mol. The molecule has 1 aromatic heterocycles. The van der Waals surface area contributed by atoms with Crippen LogP contribution in [0.25, 0.3) is 0 Å². The van der Waals surface area contributed by atoms with Gasteiger partial charge in [-0.3, -0.25) is 4.79 Å². The molecule has 1 aromatic carbocycles. The van der Waals surface area contributed by atoms with E-state index in [-0.39, 0.29) is 18.4 Å². The Labute approximate surface area is 115 Å². The number of rotatable bonds is 4. The van der Waals surface area contributed by atoms with Crippen molar-refractivity contribution in [2.45, 2.75) is 20.5 Å². The van der Waals surface area contributed by atoms with Crippen LogP contribution in [0, 0.1) is 6.92 Å². The summed E-state index contributed by atoms with van der Waals surface area (Å²) in [6, 6.07) is 6.45. The monoisotopic (exact) mass is 275 g/mol. The van der Waals surface area contributed by atoms with Crippen molar-refractivity contribution in [3.8, 4) is 0 Å². The summed E-state index contributed by atoms with van der Waals surface area (Å²) in [4.78, 5) is 22.8. The summed E-state index contributed by atoms with van der Waals surface area (Å²) in [7, 11) is 0. The van der Waals surface area contributed by atoms with Crippen LogP contribution in [-0.2, 0) is 16.1 Å². The second-order valence-electron chi connectivity index (χ2n) is 4.05. The van der Waals surface area contributed by atoms with Crippen molar-refractivity contribution in [3.63, 3.8) is 0 Å². The average molecular weight is 275 g/mol. The van der Waals surface area contributed by atoms with Gasteiger partial charge in [0.25, 0.3) is 5.89 Å². The molecule has 7 nitrogen and oxygen atoms in total. The fourth-order valence-corrected chi connectivity index (χ4v) is 1.53. The molecule has 0 aliphatic rings. The maximum atomic E-state index is 11.8. The van der Waals surface area contributed by atoms with Crippen molar-refractivity contribution < 1.29 is 18.7 Å². The molecule has 2 rings (SSSR count). The molecule has 7 heteroatoms. The number of anilines is 1. The Morgan fingerprint density at radius 1 is 1.35 bits per heavy atom. The number of benzene rings is 1. The topological polar surface area (TPSA) is 94.3 Å². The van der Waals surface area contributed by atoms with Crippen LogP contribution >= 0.6 is 0 Å². The number of hydrogen-bond acceptors (Lipinski definition) is 6. The number of aryl methyl sites for hydroxylation is 1. The molecule has 0 aliphatic heterocycles. The molecule has 0 fully saturated rings. The molecule has 2 aromatic rings.